The van der Waals surface area contributed by atoms with Crippen LogP contribution in [0.4, 0.5) is 0 Å². The SMILES string of the molecule is CC(=O)Oc1ccccc1C(=O)OCOC(=O)c1ccc(CC(CON(O)O)ON(O)O)cc1. The summed E-state index contributed by atoms with van der Waals surface area (Å²) in [5, 5.41) is 33.6. The molecular weight excluding hydrogens is 460 g/mol. The number of para-hydroxylation sites is 1. The van der Waals surface area contributed by atoms with Crippen molar-refractivity contribution < 1.29 is 59.1 Å². The second kappa shape index (κ2) is 13.3. The number of carbonyl (C=O) groups excluding carboxylic acids is 3. The van der Waals surface area contributed by atoms with Gasteiger partial charge in [-0.25, -0.2) is 19.3 Å². The quantitative estimate of drug-likeness (QED) is 0.148. The van der Waals surface area contributed by atoms with Gasteiger partial charge in [0, 0.05) is 13.3 Å². The van der Waals surface area contributed by atoms with Crippen molar-refractivity contribution in [2.45, 2.75) is 19.4 Å². The van der Waals surface area contributed by atoms with Crippen molar-refractivity contribution in [3.05, 3.63) is 65.2 Å². The Kier molecular flexibility index (Phi) is 10.5. The lowest BCUT2D eigenvalue weighted by molar-refractivity contribution is -0.526. The van der Waals surface area contributed by atoms with E-state index in [1.165, 1.54) is 43.3 Å². The lowest BCUT2D eigenvalue weighted by atomic mass is 10.1. The Morgan fingerprint density at radius 3 is 2.15 bits per heavy atom. The Morgan fingerprint density at radius 2 is 1.53 bits per heavy atom. The van der Waals surface area contributed by atoms with Crippen LogP contribution in [0, 0.1) is 0 Å². The van der Waals surface area contributed by atoms with Gasteiger partial charge in [0.15, 0.2) is 0 Å². The maximum absolute atomic E-state index is 12.2. The molecule has 0 aromatic heterocycles. The highest BCUT2D eigenvalue weighted by Gasteiger charge is 2.18. The molecule has 2 rings (SSSR count). The Labute approximate surface area is 192 Å². The van der Waals surface area contributed by atoms with E-state index in [1.807, 2.05) is 0 Å². The van der Waals surface area contributed by atoms with Gasteiger partial charge in [0.05, 0.1) is 16.3 Å². The maximum atomic E-state index is 12.2. The molecule has 14 nitrogen and oxygen atoms in total. The van der Waals surface area contributed by atoms with Crippen LogP contribution < -0.4 is 4.74 Å². The van der Waals surface area contributed by atoms with E-state index in [-0.39, 0.29) is 23.3 Å². The summed E-state index contributed by atoms with van der Waals surface area (Å²) in [4.78, 5) is 44.5. The molecule has 0 aliphatic carbocycles. The standard InChI is InChI=1S/C20H22N2O12/c1-13(23)33-18-5-3-2-4-17(18)20(25)31-12-30-19(24)15-8-6-14(7-9-15)10-16(34-22(28)29)11-32-21(26)27/h2-9,16,26-29H,10-12H2,1H3. The first-order valence-electron chi connectivity index (χ1n) is 9.51. The van der Waals surface area contributed by atoms with Crippen LogP contribution in [0.2, 0.25) is 0 Å². The Morgan fingerprint density at radius 1 is 0.882 bits per heavy atom. The number of carbonyl (C=O) groups is 3. The van der Waals surface area contributed by atoms with Crippen LogP contribution >= 0.6 is 0 Å². The molecule has 14 heteroatoms. The highest BCUT2D eigenvalue weighted by Crippen LogP contribution is 2.19. The largest absolute Gasteiger partial charge is 0.426 e. The van der Waals surface area contributed by atoms with Gasteiger partial charge in [0.2, 0.25) is 6.79 Å². The van der Waals surface area contributed by atoms with E-state index < -0.39 is 48.2 Å². The van der Waals surface area contributed by atoms with Gasteiger partial charge in [-0.05, 0) is 29.8 Å². The molecule has 0 saturated carbocycles. The van der Waals surface area contributed by atoms with Gasteiger partial charge in [-0.1, -0.05) is 24.3 Å². The molecule has 0 heterocycles. The van der Waals surface area contributed by atoms with Crippen LogP contribution in [0.25, 0.3) is 0 Å². The summed E-state index contributed by atoms with van der Waals surface area (Å²) in [5.74, 6) is -2.27. The summed E-state index contributed by atoms with van der Waals surface area (Å²) in [5.41, 5.74) is 0.660. The molecule has 2 aromatic carbocycles. The van der Waals surface area contributed by atoms with Gasteiger partial charge in [-0.15, -0.1) is 0 Å². The molecule has 0 aliphatic rings. The summed E-state index contributed by atoms with van der Waals surface area (Å²) in [6.07, 6.45) is -1.01. The molecule has 4 N–H and O–H groups in total. The van der Waals surface area contributed by atoms with Crippen molar-refractivity contribution in [3.8, 4) is 5.75 Å². The number of nitrogens with zero attached hydrogens (tertiary/aromatic N) is 2. The molecule has 0 bridgehead atoms. The van der Waals surface area contributed by atoms with Crippen molar-refractivity contribution in [1.29, 1.82) is 0 Å². The zero-order valence-electron chi connectivity index (χ0n) is 17.8. The summed E-state index contributed by atoms with van der Waals surface area (Å²) in [6.45, 7) is 0.0325. The van der Waals surface area contributed by atoms with Crippen LogP contribution in [0.1, 0.15) is 33.2 Å². The van der Waals surface area contributed by atoms with Gasteiger partial charge in [-0.2, -0.15) is 0 Å². The zero-order valence-corrected chi connectivity index (χ0v) is 17.8. The average molecular weight is 482 g/mol. The second-order valence-electron chi connectivity index (χ2n) is 6.50. The Bertz CT molecular complexity index is 964. The van der Waals surface area contributed by atoms with Crippen molar-refractivity contribution >= 4 is 17.9 Å². The molecule has 34 heavy (non-hydrogen) atoms. The maximum Gasteiger partial charge on any atom is 0.344 e. The van der Waals surface area contributed by atoms with Crippen molar-refractivity contribution in [3.63, 3.8) is 0 Å². The molecule has 0 radical (unpaired) electrons. The zero-order chi connectivity index (χ0) is 25.1. The average Bonchev–Trinajstić information content (AvgIpc) is 2.77. The van der Waals surface area contributed by atoms with Gasteiger partial charge >= 0.3 is 17.9 Å². The molecule has 0 spiro atoms. The van der Waals surface area contributed by atoms with Crippen LogP contribution in [0.5, 0.6) is 5.75 Å². The lowest BCUT2D eigenvalue weighted by Gasteiger charge is -2.19. The first-order valence-corrected chi connectivity index (χ1v) is 9.51. The van der Waals surface area contributed by atoms with Crippen molar-refractivity contribution in [2.24, 2.45) is 0 Å². The highest BCUT2D eigenvalue weighted by atomic mass is 17.1. The van der Waals surface area contributed by atoms with E-state index in [0.717, 1.165) is 0 Å². The summed E-state index contributed by atoms with van der Waals surface area (Å²) >= 11 is 0. The van der Waals surface area contributed by atoms with E-state index in [1.54, 1.807) is 12.1 Å². The topological polar surface area (TPSA) is 185 Å². The molecule has 0 aliphatic heterocycles. The van der Waals surface area contributed by atoms with Gasteiger partial charge in [0.1, 0.15) is 24.0 Å². The van der Waals surface area contributed by atoms with E-state index in [4.69, 9.17) is 35.0 Å². The minimum atomic E-state index is -1.04. The fourth-order valence-corrected chi connectivity index (χ4v) is 2.63. The van der Waals surface area contributed by atoms with Crippen molar-refractivity contribution in [2.75, 3.05) is 13.4 Å². The first kappa shape index (κ1) is 26.8. The normalized spacial score (nSPS) is 11.9. The fraction of sp³-hybridized carbons (Fsp3) is 0.250. The molecule has 1 atom stereocenters. The predicted octanol–water partition coefficient (Wildman–Crippen LogP) is 1.52. The number of rotatable bonds is 12. The predicted molar refractivity (Wildman–Crippen MR) is 105 cm³/mol. The monoisotopic (exact) mass is 482 g/mol. The van der Waals surface area contributed by atoms with Crippen LogP contribution in [0.15, 0.2) is 48.5 Å². The molecule has 184 valence electrons. The first-order chi connectivity index (χ1) is 16.2. The van der Waals surface area contributed by atoms with E-state index in [2.05, 4.69) is 9.68 Å². The summed E-state index contributed by atoms with van der Waals surface area (Å²) in [6, 6.07) is 11.7. The van der Waals surface area contributed by atoms with Crippen LogP contribution in [0.3, 0.4) is 0 Å². The third-order valence-corrected chi connectivity index (χ3v) is 4.01. The smallest absolute Gasteiger partial charge is 0.344 e. The lowest BCUT2D eigenvalue weighted by Crippen LogP contribution is -2.32. The number of ether oxygens (including phenoxy) is 3. The summed E-state index contributed by atoms with van der Waals surface area (Å²) in [7, 11) is 0. The van der Waals surface area contributed by atoms with E-state index in [0.29, 0.717) is 5.56 Å². The van der Waals surface area contributed by atoms with Crippen molar-refractivity contribution in [1.82, 2.24) is 10.8 Å². The molecule has 2 aromatic rings. The number of hydrogen-bond donors (Lipinski definition) is 4. The molecule has 1 unspecified atom stereocenters. The molecule has 0 fully saturated rings. The fourth-order valence-electron chi connectivity index (χ4n) is 2.63. The Hall–Kier alpha value is -3.47. The molecule has 0 saturated heterocycles. The number of hydrogen-bond acceptors (Lipinski definition) is 14. The van der Waals surface area contributed by atoms with Gasteiger partial charge < -0.3 is 14.2 Å². The summed E-state index contributed by atoms with van der Waals surface area (Å²) < 4.78 is 14.7. The van der Waals surface area contributed by atoms with Gasteiger partial charge in [-0.3, -0.25) is 25.6 Å². The molecule has 0 amide bonds. The minimum absolute atomic E-state index is 0.00537. The van der Waals surface area contributed by atoms with Crippen LogP contribution in [-0.2, 0) is 30.4 Å². The third-order valence-electron chi connectivity index (χ3n) is 4.01. The van der Waals surface area contributed by atoms with Crippen LogP contribution in [-0.4, -0.2) is 69.0 Å². The third kappa shape index (κ3) is 9.18. The second-order valence-corrected chi connectivity index (χ2v) is 6.50. The Balaban J connectivity index is 1.89. The number of esters is 3. The van der Waals surface area contributed by atoms with E-state index in [9.17, 15) is 14.4 Å². The number of benzene rings is 2. The minimum Gasteiger partial charge on any atom is -0.426 e. The molecular formula is C20H22N2O12. The van der Waals surface area contributed by atoms with Gasteiger partial charge in [0.25, 0.3) is 0 Å². The van der Waals surface area contributed by atoms with E-state index >= 15 is 0 Å². The highest BCUT2D eigenvalue weighted by molar-refractivity contribution is 5.93.